The molecule has 0 unspecified atom stereocenters. The average molecular weight is 285 g/mol. The number of rotatable bonds is 5. The van der Waals surface area contributed by atoms with E-state index < -0.39 is 0 Å². The fourth-order valence-corrected chi connectivity index (χ4v) is 2.41. The van der Waals surface area contributed by atoms with Crippen molar-refractivity contribution in [2.24, 2.45) is 0 Å². The summed E-state index contributed by atoms with van der Waals surface area (Å²) in [6.45, 7) is 4.94. The lowest BCUT2D eigenvalue weighted by atomic mass is 10.2. The van der Waals surface area contributed by atoms with E-state index in [0.717, 1.165) is 24.5 Å². The molecule has 0 spiro atoms. The van der Waals surface area contributed by atoms with Crippen LogP contribution in [-0.4, -0.2) is 23.8 Å². The zero-order valence-corrected chi connectivity index (χ0v) is 12.1. The molecule has 2 heterocycles. The van der Waals surface area contributed by atoms with E-state index in [2.05, 4.69) is 35.3 Å². The number of nitrogens with one attached hydrogen (secondary N) is 1. The maximum absolute atomic E-state index is 11.6. The standard InChI is InChI=1S/C16H19N3O2/c1-2-18-7-6-13(12-18)11-17-14-4-3-5-15(10-14)19-8-9-21-16(19)20/h3-7,10,12,17H,2,8-9,11H2,1H3. The fraction of sp³-hybridized carbons (Fsp3) is 0.312. The number of hydrogen-bond acceptors (Lipinski definition) is 3. The van der Waals surface area contributed by atoms with Crippen LogP contribution in [0.15, 0.2) is 42.7 Å². The molecule has 0 atom stereocenters. The molecule has 1 aromatic carbocycles. The van der Waals surface area contributed by atoms with E-state index in [-0.39, 0.29) is 6.09 Å². The Hall–Kier alpha value is -2.43. The van der Waals surface area contributed by atoms with Gasteiger partial charge in [0, 0.05) is 36.9 Å². The van der Waals surface area contributed by atoms with Crippen molar-refractivity contribution in [3.8, 4) is 0 Å². The first-order valence-electron chi connectivity index (χ1n) is 7.19. The monoisotopic (exact) mass is 285 g/mol. The first kappa shape index (κ1) is 13.5. The van der Waals surface area contributed by atoms with Crippen molar-refractivity contribution in [3.05, 3.63) is 48.3 Å². The van der Waals surface area contributed by atoms with Crippen molar-refractivity contribution in [3.63, 3.8) is 0 Å². The van der Waals surface area contributed by atoms with Crippen LogP contribution in [0.4, 0.5) is 16.2 Å². The van der Waals surface area contributed by atoms with Gasteiger partial charge in [-0.25, -0.2) is 4.79 Å². The molecule has 0 bridgehead atoms. The predicted molar refractivity (Wildman–Crippen MR) is 82.6 cm³/mol. The minimum absolute atomic E-state index is 0.271. The maximum Gasteiger partial charge on any atom is 0.414 e. The summed E-state index contributed by atoms with van der Waals surface area (Å²) < 4.78 is 7.11. The van der Waals surface area contributed by atoms with Crippen molar-refractivity contribution >= 4 is 17.5 Å². The molecule has 2 aromatic rings. The first-order valence-corrected chi connectivity index (χ1v) is 7.19. The molecule has 5 nitrogen and oxygen atoms in total. The second kappa shape index (κ2) is 5.91. The molecule has 1 fully saturated rings. The number of carbonyl (C=O) groups excluding carboxylic acids is 1. The van der Waals surface area contributed by atoms with Gasteiger partial charge in [-0.2, -0.15) is 0 Å². The van der Waals surface area contributed by atoms with Gasteiger partial charge in [-0.05, 0) is 36.8 Å². The summed E-state index contributed by atoms with van der Waals surface area (Å²) in [5.41, 5.74) is 3.10. The molecule has 1 aromatic heterocycles. The highest BCUT2D eigenvalue weighted by atomic mass is 16.6. The van der Waals surface area contributed by atoms with E-state index in [4.69, 9.17) is 4.74 Å². The van der Waals surface area contributed by atoms with Crippen LogP contribution < -0.4 is 10.2 Å². The SMILES string of the molecule is CCn1ccc(CNc2cccc(N3CCOC3=O)c2)c1. The van der Waals surface area contributed by atoms with E-state index in [1.165, 1.54) is 5.56 Å². The van der Waals surface area contributed by atoms with Gasteiger partial charge in [-0.1, -0.05) is 6.07 Å². The number of amides is 1. The number of nitrogens with zero attached hydrogens (tertiary/aromatic N) is 2. The number of aryl methyl sites for hydroxylation is 1. The zero-order valence-electron chi connectivity index (χ0n) is 12.1. The molecule has 1 saturated heterocycles. The third-order valence-electron chi connectivity index (χ3n) is 3.59. The van der Waals surface area contributed by atoms with E-state index in [0.29, 0.717) is 13.2 Å². The van der Waals surface area contributed by atoms with Crippen LogP contribution >= 0.6 is 0 Å². The molecule has 1 N–H and O–H groups in total. The Balaban J connectivity index is 1.67. The van der Waals surface area contributed by atoms with Crippen LogP contribution in [0, 0.1) is 0 Å². The molecule has 1 aliphatic heterocycles. The van der Waals surface area contributed by atoms with Crippen LogP contribution in [-0.2, 0) is 17.8 Å². The van der Waals surface area contributed by atoms with Gasteiger partial charge >= 0.3 is 6.09 Å². The van der Waals surface area contributed by atoms with Gasteiger partial charge < -0.3 is 14.6 Å². The smallest absolute Gasteiger partial charge is 0.414 e. The number of cyclic esters (lactones) is 1. The Morgan fingerprint density at radius 2 is 2.24 bits per heavy atom. The third-order valence-corrected chi connectivity index (χ3v) is 3.59. The topological polar surface area (TPSA) is 46.5 Å². The largest absolute Gasteiger partial charge is 0.447 e. The Labute approximate surface area is 124 Å². The van der Waals surface area contributed by atoms with E-state index in [9.17, 15) is 4.79 Å². The van der Waals surface area contributed by atoms with Crippen LogP contribution in [0.3, 0.4) is 0 Å². The summed E-state index contributed by atoms with van der Waals surface area (Å²) in [7, 11) is 0. The van der Waals surface area contributed by atoms with E-state index >= 15 is 0 Å². The van der Waals surface area contributed by atoms with Crippen molar-refractivity contribution in [1.82, 2.24) is 4.57 Å². The summed E-state index contributed by atoms with van der Waals surface area (Å²) in [5, 5.41) is 3.38. The van der Waals surface area contributed by atoms with Crippen molar-refractivity contribution in [2.75, 3.05) is 23.4 Å². The number of carbonyl (C=O) groups is 1. The van der Waals surface area contributed by atoms with E-state index in [1.54, 1.807) is 4.90 Å². The molecule has 1 amide bonds. The van der Waals surface area contributed by atoms with Gasteiger partial charge in [0.1, 0.15) is 6.61 Å². The summed E-state index contributed by atoms with van der Waals surface area (Å²) in [4.78, 5) is 13.2. The summed E-state index contributed by atoms with van der Waals surface area (Å²) in [5.74, 6) is 0. The van der Waals surface area contributed by atoms with Gasteiger partial charge in [0.25, 0.3) is 0 Å². The van der Waals surface area contributed by atoms with E-state index in [1.807, 2.05) is 24.3 Å². The molecule has 3 rings (SSSR count). The number of aromatic nitrogens is 1. The number of hydrogen-bond donors (Lipinski definition) is 1. The lowest BCUT2D eigenvalue weighted by Gasteiger charge is -2.14. The fourth-order valence-electron chi connectivity index (χ4n) is 2.41. The maximum atomic E-state index is 11.6. The molecule has 0 radical (unpaired) electrons. The average Bonchev–Trinajstić information content (AvgIpc) is 3.14. The Bertz CT molecular complexity index is 636. The number of ether oxygens (including phenoxy) is 1. The number of anilines is 2. The zero-order chi connectivity index (χ0) is 14.7. The molecule has 0 aliphatic carbocycles. The Morgan fingerprint density at radius 1 is 1.33 bits per heavy atom. The van der Waals surface area contributed by atoms with Gasteiger partial charge in [0.15, 0.2) is 0 Å². The van der Waals surface area contributed by atoms with Crippen molar-refractivity contribution < 1.29 is 9.53 Å². The Morgan fingerprint density at radius 3 is 2.95 bits per heavy atom. The van der Waals surface area contributed by atoms with Gasteiger partial charge in [-0.15, -0.1) is 0 Å². The van der Waals surface area contributed by atoms with Gasteiger partial charge in [0.05, 0.1) is 6.54 Å². The third kappa shape index (κ3) is 3.02. The lowest BCUT2D eigenvalue weighted by Crippen LogP contribution is -2.23. The van der Waals surface area contributed by atoms with Crippen molar-refractivity contribution in [1.29, 1.82) is 0 Å². The predicted octanol–water partition coefficient (Wildman–Crippen LogP) is 3.08. The lowest BCUT2D eigenvalue weighted by molar-refractivity contribution is 0.181. The molecule has 21 heavy (non-hydrogen) atoms. The highest BCUT2D eigenvalue weighted by Gasteiger charge is 2.23. The molecular formula is C16H19N3O2. The summed E-state index contributed by atoms with van der Waals surface area (Å²) in [6.07, 6.45) is 3.94. The highest BCUT2D eigenvalue weighted by molar-refractivity contribution is 5.89. The second-order valence-corrected chi connectivity index (χ2v) is 5.02. The van der Waals surface area contributed by atoms with Gasteiger partial charge in [-0.3, -0.25) is 4.90 Å². The molecule has 5 heteroatoms. The number of benzene rings is 1. The molecular weight excluding hydrogens is 266 g/mol. The summed E-state index contributed by atoms with van der Waals surface area (Å²) >= 11 is 0. The molecule has 1 aliphatic rings. The Kier molecular flexibility index (Phi) is 3.81. The minimum atomic E-state index is -0.271. The first-order chi connectivity index (χ1) is 10.3. The van der Waals surface area contributed by atoms with Crippen LogP contribution in [0.5, 0.6) is 0 Å². The van der Waals surface area contributed by atoms with Crippen LogP contribution in [0.2, 0.25) is 0 Å². The second-order valence-electron chi connectivity index (χ2n) is 5.02. The quantitative estimate of drug-likeness (QED) is 0.918. The van der Waals surface area contributed by atoms with Crippen LogP contribution in [0.1, 0.15) is 12.5 Å². The molecule has 110 valence electrons. The van der Waals surface area contributed by atoms with Crippen molar-refractivity contribution in [2.45, 2.75) is 20.0 Å². The normalized spacial score (nSPS) is 14.3. The van der Waals surface area contributed by atoms with Crippen LogP contribution in [0.25, 0.3) is 0 Å². The highest BCUT2D eigenvalue weighted by Crippen LogP contribution is 2.22. The minimum Gasteiger partial charge on any atom is -0.447 e. The molecule has 0 saturated carbocycles. The summed E-state index contributed by atoms with van der Waals surface area (Å²) in [6, 6.07) is 9.95. The van der Waals surface area contributed by atoms with Gasteiger partial charge in [0.2, 0.25) is 0 Å².